The van der Waals surface area contributed by atoms with E-state index in [1.807, 2.05) is 0 Å². The van der Waals surface area contributed by atoms with Gasteiger partial charge < -0.3 is 14.2 Å². The smallest absolute Gasteiger partial charge is 0.306 e. The molecule has 0 saturated carbocycles. The third-order valence-electron chi connectivity index (χ3n) is 11.3. The first-order valence-corrected chi connectivity index (χ1v) is 28.3. The van der Waals surface area contributed by atoms with E-state index in [2.05, 4.69) is 167 Å². The third-order valence-corrected chi connectivity index (χ3v) is 11.3. The lowest BCUT2D eigenvalue weighted by Gasteiger charge is -2.18. The van der Waals surface area contributed by atoms with Gasteiger partial charge in [0.25, 0.3) is 0 Å². The quantitative estimate of drug-likeness (QED) is 0.0262. The molecular weight excluding hydrogens is 877 g/mol. The topological polar surface area (TPSA) is 78.9 Å². The summed E-state index contributed by atoms with van der Waals surface area (Å²) >= 11 is 0. The highest BCUT2D eigenvalue weighted by atomic mass is 16.6. The van der Waals surface area contributed by atoms with Crippen LogP contribution in [0.15, 0.2) is 146 Å². The van der Waals surface area contributed by atoms with E-state index < -0.39 is 6.10 Å². The fraction of sp³-hybridized carbons (Fsp3) is 0.585. The summed E-state index contributed by atoms with van der Waals surface area (Å²) < 4.78 is 16.7. The summed E-state index contributed by atoms with van der Waals surface area (Å²) in [5.41, 5.74) is 0. The van der Waals surface area contributed by atoms with Crippen molar-refractivity contribution in [2.45, 2.75) is 232 Å². The molecule has 1 atom stereocenters. The Balaban J connectivity index is 4.25. The Morgan fingerprint density at radius 1 is 0.296 bits per heavy atom. The lowest BCUT2D eigenvalue weighted by atomic mass is 10.1. The first kappa shape index (κ1) is 66.3. The van der Waals surface area contributed by atoms with Crippen LogP contribution < -0.4 is 0 Å². The zero-order chi connectivity index (χ0) is 51.4. The molecule has 6 nitrogen and oxygen atoms in total. The van der Waals surface area contributed by atoms with Crippen molar-refractivity contribution >= 4 is 17.9 Å². The molecule has 0 spiro atoms. The zero-order valence-electron chi connectivity index (χ0n) is 45.4. The molecule has 0 aliphatic rings. The summed E-state index contributed by atoms with van der Waals surface area (Å²) in [7, 11) is 0. The molecule has 71 heavy (non-hydrogen) atoms. The van der Waals surface area contributed by atoms with Gasteiger partial charge in [0.1, 0.15) is 13.2 Å². The van der Waals surface area contributed by atoms with Gasteiger partial charge in [0.05, 0.1) is 0 Å². The molecule has 0 rings (SSSR count). The van der Waals surface area contributed by atoms with E-state index >= 15 is 0 Å². The van der Waals surface area contributed by atoms with Gasteiger partial charge in [-0.15, -0.1) is 0 Å². The van der Waals surface area contributed by atoms with Crippen molar-refractivity contribution in [1.82, 2.24) is 0 Å². The monoisotopic (exact) mass is 979 g/mol. The van der Waals surface area contributed by atoms with E-state index in [1.165, 1.54) is 38.5 Å². The number of carbonyl (C=O) groups is 3. The molecule has 0 heterocycles. The summed E-state index contributed by atoms with van der Waals surface area (Å²) in [4.78, 5) is 37.9. The maximum Gasteiger partial charge on any atom is 0.306 e. The average Bonchev–Trinajstić information content (AvgIpc) is 3.37. The highest BCUT2D eigenvalue weighted by Gasteiger charge is 2.19. The summed E-state index contributed by atoms with van der Waals surface area (Å²) in [6.07, 6.45) is 82.9. The Kier molecular flexibility index (Phi) is 54.0. The second-order valence-corrected chi connectivity index (χ2v) is 18.1. The molecule has 0 fully saturated rings. The normalized spacial score (nSPS) is 13.2. The average molecular weight is 980 g/mol. The number of hydrogen-bond acceptors (Lipinski definition) is 6. The Hall–Kier alpha value is -4.71. The first-order chi connectivity index (χ1) is 35.0. The van der Waals surface area contributed by atoms with Gasteiger partial charge >= 0.3 is 17.9 Å². The van der Waals surface area contributed by atoms with E-state index in [9.17, 15) is 14.4 Å². The van der Waals surface area contributed by atoms with Crippen LogP contribution in [-0.4, -0.2) is 37.2 Å². The van der Waals surface area contributed by atoms with Crippen molar-refractivity contribution in [3.05, 3.63) is 146 Å². The van der Waals surface area contributed by atoms with Crippen molar-refractivity contribution in [2.24, 2.45) is 0 Å². The van der Waals surface area contributed by atoms with Gasteiger partial charge in [0.15, 0.2) is 6.10 Å². The fourth-order valence-electron chi connectivity index (χ4n) is 7.15. The van der Waals surface area contributed by atoms with E-state index in [0.29, 0.717) is 19.3 Å². The molecule has 0 radical (unpaired) electrons. The minimum atomic E-state index is -0.808. The van der Waals surface area contributed by atoms with E-state index in [4.69, 9.17) is 14.2 Å². The molecule has 0 aliphatic carbocycles. The summed E-state index contributed by atoms with van der Waals surface area (Å²) in [5.74, 6) is -0.977. The van der Waals surface area contributed by atoms with Crippen molar-refractivity contribution in [3.63, 3.8) is 0 Å². The van der Waals surface area contributed by atoms with Crippen LogP contribution in [-0.2, 0) is 28.6 Å². The van der Waals surface area contributed by atoms with Gasteiger partial charge in [-0.05, 0) is 122 Å². The van der Waals surface area contributed by atoms with Crippen LogP contribution in [0, 0.1) is 0 Å². The van der Waals surface area contributed by atoms with Crippen LogP contribution in [0.5, 0.6) is 0 Å². The standard InChI is InChI=1S/C65H102O6/c1-4-7-10-13-16-18-20-22-24-25-26-27-28-29-30-31-32-33-34-35-36-37-38-39-41-42-44-46-49-52-55-58-64(67)70-61-62(60-69-63(66)57-54-51-48-15-12-9-6-3)71-65(68)59-56-53-50-47-45-43-40-23-21-19-17-14-11-8-5-2/h7-8,10-11,16-19,22-24,26-27,29-30,32-33,35-36,38-40,45,47,62H,4-6,9,12-15,20-21,25,28,31,34,37,41-44,46,48-61H2,1-3H3/b10-7-,11-8-,18-16-,19-17-,24-22-,27-26-,30-29-,33-32-,36-35-,39-38-,40-23-,47-45-. The SMILES string of the molecule is CC/C=C\C/C=C\C/C=C\C/C=C\C/C=C\C/C=C\C/C=C\C/C=C\CCCCCCCCC(=O)OCC(COC(=O)CCCCCCCCC)OC(=O)CCCC/C=C\C/C=C\C/C=C\C/C=C\CC. The summed E-state index contributed by atoms with van der Waals surface area (Å²) in [6, 6.07) is 0. The van der Waals surface area contributed by atoms with Crippen molar-refractivity contribution in [2.75, 3.05) is 13.2 Å². The number of rotatable bonds is 49. The highest BCUT2D eigenvalue weighted by Crippen LogP contribution is 2.13. The van der Waals surface area contributed by atoms with Gasteiger partial charge in [-0.1, -0.05) is 231 Å². The minimum absolute atomic E-state index is 0.104. The molecule has 0 aliphatic heterocycles. The van der Waals surface area contributed by atoms with Crippen molar-refractivity contribution < 1.29 is 28.6 Å². The first-order valence-electron chi connectivity index (χ1n) is 28.3. The minimum Gasteiger partial charge on any atom is -0.462 e. The van der Waals surface area contributed by atoms with Crippen LogP contribution in [0.1, 0.15) is 226 Å². The Morgan fingerprint density at radius 3 is 0.887 bits per heavy atom. The van der Waals surface area contributed by atoms with Gasteiger partial charge in [-0.3, -0.25) is 14.4 Å². The molecule has 0 aromatic carbocycles. The third kappa shape index (κ3) is 56.1. The molecule has 0 aromatic heterocycles. The van der Waals surface area contributed by atoms with Crippen LogP contribution in [0.3, 0.4) is 0 Å². The maximum atomic E-state index is 12.8. The number of esters is 3. The number of unbranched alkanes of at least 4 members (excludes halogenated alkanes) is 14. The predicted octanol–water partition coefficient (Wildman–Crippen LogP) is 19.2. The van der Waals surface area contributed by atoms with E-state index in [0.717, 1.165) is 141 Å². The number of hydrogen-bond donors (Lipinski definition) is 0. The zero-order valence-corrected chi connectivity index (χ0v) is 45.4. The van der Waals surface area contributed by atoms with Crippen LogP contribution in [0.25, 0.3) is 0 Å². The largest absolute Gasteiger partial charge is 0.462 e. The van der Waals surface area contributed by atoms with Crippen molar-refractivity contribution in [3.8, 4) is 0 Å². The van der Waals surface area contributed by atoms with Gasteiger partial charge in [-0.2, -0.15) is 0 Å². The molecule has 6 heteroatoms. The molecule has 398 valence electrons. The predicted molar refractivity (Wildman–Crippen MR) is 306 cm³/mol. The van der Waals surface area contributed by atoms with Crippen LogP contribution in [0.4, 0.5) is 0 Å². The fourth-order valence-corrected chi connectivity index (χ4v) is 7.15. The number of allylic oxidation sites excluding steroid dienone is 24. The van der Waals surface area contributed by atoms with Gasteiger partial charge in [0.2, 0.25) is 0 Å². The van der Waals surface area contributed by atoms with Crippen molar-refractivity contribution in [1.29, 1.82) is 0 Å². The highest BCUT2D eigenvalue weighted by molar-refractivity contribution is 5.71. The summed E-state index contributed by atoms with van der Waals surface area (Å²) in [5, 5.41) is 0. The number of carbonyl (C=O) groups excluding carboxylic acids is 3. The molecule has 1 unspecified atom stereocenters. The van der Waals surface area contributed by atoms with Gasteiger partial charge in [-0.25, -0.2) is 0 Å². The lowest BCUT2D eigenvalue weighted by Crippen LogP contribution is -2.30. The van der Waals surface area contributed by atoms with E-state index in [1.54, 1.807) is 0 Å². The lowest BCUT2D eigenvalue weighted by molar-refractivity contribution is -0.167. The van der Waals surface area contributed by atoms with Crippen LogP contribution in [0.2, 0.25) is 0 Å². The molecule has 0 N–H and O–H groups in total. The Morgan fingerprint density at radius 2 is 0.549 bits per heavy atom. The second kappa shape index (κ2) is 57.9. The second-order valence-electron chi connectivity index (χ2n) is 18.1. The summed E-state index contributed by atoms with van der Waals surface area (Å²) in [6.45, 7) is 6.30. The molecule has 0 aromatic rings. The molecule has 0 saturated heterocycles. The Bertz CT molecular complexity index is 1590. The van der Waals surface area contributed by atoms with E-state index in [-0.39, 0.29) is 37.5 Å². The Labute approximate surface area is 436 Å². The maximum absolute atomic E-state index is 12.8. The molecule has 0 amide bonds. The van der Waals surface area contributed by atoms with Crippen LogP contribution >= 0.6 is 0 Å². The molecule has 0 bridgehead atoms. The number of ether oxygens (including phenoxy) is 3. The molecular formula is C65H102O6. The van der Waals surface area contributed by atoms with Gasteiger partial charge in [0, 0.05) is 19.3 Å².